The number of ether oxygens (including phenoxy) is 1. The zero-order chi connectivity index (χ0) is 21.3. The van der Waals surface area contributed by atoms with Crippen molar-refractivity contribution in [2.75, 3.05) is 13.2 Å². The average molecular weight is 428 g/mol. The van der Waals surface area contributed by atoms with Crippen LogP contribution in [0.2, 0.25) is 0 Å². The van der Waals surface area contributed by atoms with Crippen LogP contribution in [0.1, 0.15) is 32.1 Å². The van der Waals surface area contributed by atoms with Crippen molar-refractivity contribution in [1.29, 1.82) is 0 Å². The highest BCUT2D eigenvalue weighted by atomic mass is 31.2. The molecule has 0 bridgehead atoms. The van der Waals surface area contributed by atoms with E-state index in [1.165, 1.54) is 20.8 Å². The number of hydrogen-bond donors (Lipinski definition) is 3. The number of nitrogens with one attached hydrogen (secondary N) is 1. The third-order valence-corrected chi connectivity index (χ3v) is 6.38. The maximum Gasteiger partial charge on any atom is 0.399 e. The van der Waals surface area contributed by atoms with Gasteiger partial charge in [0.25, 0.3) is 5.56 Å². The minimum absolute atomic E-state index is 0.107. The van der Waals surface area contributed by atoms with E-state index in [1.54, 1.807) is 0 Å². The molecule has 0 radical (unpaired) electrons. The van der Waals surface area contributed by atoms with Crippen molar-refractivity contribution in [3.8, 4) is 0 Å². The highest BCUT2D eigenvalue weighted by molar-refractivity contribution is 7.55. The number of alkyl halides is 2. The van der Waals surface area contributed by atoms with E-state index in [1.807, 2.05) is 4.98 Å². The molecule has 0 saturated carbocycles. The summed E-state index contributed by atoms with van der Waals surface area (Å²) in [5, 5.41) is 20.3. The van der Waals surface area contributed by atoms with Crippen molar-refractivity contribution in [3.63, 3.8) is 0 Å². The van der Waals surface area contributed by atoms with Crippen molar-refractivity contribution in [2.24, 2.45) is 0 Å². The van der Waals surface area contributed by atoms with Gasteiger partial charge in [0, 0.05) is 11.8 Å². The van der Waals surface area contributed by atoms with E-state index in [9.17, 15) is 33.1 Å². The Bertz CT molecular complexity index is 847. The first kappa shape index (κ1) is 22.9. The Morgan fingerprint density at radius 1 is 1.25 bits per heavy atom. The van der Waals surface area contributed by atoms with Crippen LogP contribution in [-0.4, -0.2) is 57.0 Å². The first-order valence-electron chi connectivity index (χ1n) is 8.58. The summed E-state index contributed by atoms with van der Waals surface area (Å²) >= 11 is 0. The van der Waals surface area contributed by atoms with E-state index in [0.717, 1.165) is 10.8 Å². The molecule has 13 heteroatoms. The van der Waals surface area contributed by atoms with Crippen LogP contribution < -0.4 is 11.2 Å². The summed E-state index contributed by atoms with van der Waals surface area (Å²) < 4.78 is 57.0. The van der Waals surface area contributed by atoms with E-state index >= 15 is 0 Å². The number of aliphatic hydroxyl groups is 2. The molecule has 0 spiro atoms. The quantitative estimate of drug-likeness (QED) is 0.515. The predicted octanol–water partition coefficient (Wildman–Crippen LogP) is 0.713. The number of H-pyrrole nitrogens is 1. The smallest absolute Gasteiger partial charge is 0.388 e. The van der Waals surface area contributed by atoms with Gasteiger partial charge in [0.05, 0.1) is 25.7 Å². The zero-order valence-electron chi connectivity index (χ0n) is 15.5. The Morgan fingerprint density at radius 2 is 1.82 bits per heavy atom. The van der Waals surface area contributed by atoms with Gasteiger partial charge in [-0.05, 0) is 20.8 Å². The molecule has 2 heterocycles. The highest BCUT2D eigenvalue weighted by Crippen LogP contribution is 2.64. The first-order valence-corrected chi connectivity index (χ1v) is 10.1. The summed E-state index contributed by atoms with van der Waals surface area (Å²) in [5.74, 6) is 0. The molecule has 1 aliphatic heterocycles. The lowest BCUT2D eigenvalue weighted by Crippen LogP contribution is -2.38. The molecule has 10 nitrogen and oxygen atoms in total. The van der Waals surface area contributed by atoms with Crippen LogP contribution in [0.3, 0.4) is 0 Å². The van der Waals surface area contributed by atoms with Gasteiger partial charge in [-0.2, -0.15) is 8.78 Å². The fourth-order valence-electron chi connectivity index (χ4n) is 2.82. The maximum atomic E-state index is 14.6. The minimum atomic E-state index is -4.86. The average Bonchev–Trinajstić information content (AvgIpc) is 2.86. The third kappa shape index (κ3) is 4.27. The third-order valence-electron chi connectivity index (χ3n) is 4.20. The Labute approximate surface area is 158 Å². The van der Waals surface area contributed by atoms with E-state index in [-0.39, 0.29) is 18.8 Å². The molecule has 1 aliphatic rings. The van der Waals surface area contributed by atoms with Crippen LogP contribution in [0.4, 0.5) is 8.78 Å². The SMILES string of the molecule is CCOP(=O)(OCC)C(F)(F)C[C@H]1OC(n2cc(C)c(=O)[nH]c2=O)[C@@H](O)[C@@H]1O. The second kappa shape index (κ2) is 8.52. The lowest BCUT2D eigenvalue weighted by molar-refractivity contribution is -0.0735. The molecule has 0 aliphatic carbocycles. The largest absolute Gasteiger partial charge is 0.399 e. The number of aromatic nitrogens is 2. The second-order valence-corrected chi connectivity index (χ2v) is 8.39. The molecule has 1 unspecified atom stereocenters. The van der Waals surface area contributed by atoms with Crippen LogP contribution in [0.15, 0.2) is 15.8 Å². The molecule has 28 heavy (non-hydrogen) atoms. The van der Waals surface area contributed by atoms with Crippen molar-refractivity contribution < 1.29 is 37.3 Å². The monoisotopic (exact) mass is 428 g/mol. The fraction of sp³-hybridized carbons (Fsp3) is 0.733. The van der Waals surface area contributed by atoms with Gasteiger partial charge in [-0.3, -0.25) is 18.9 Å². The summed E-state index contributed by atoms with van der Waals surface area (Å²) in [6, 6.07) is 0. The first-order chi connectivity index (χ1) is 13.0. The summed E-state index contributed by atoms with van der Waals surface area (Å²) in [7, 11) is -4.86. The van der Waals surface area contributed by atoms with Gasteiger partial charge >= 0.3 is 18.9 Å². The number of aliphatic hydroxyl groups excluding tert-OH is 2. The van der Waals surface area contributed by atoms with Crippen LogP contribution >= 0.6 is 7.60 Å². The fourth-order valence-corrected chi connectivity index (χ4v) is 4.36. The number of hydrogen-bond acceptors (Lipinski definition) is 8. The van der Waals surface area contributed by atoms with Crippen LogP contribution in [0, 0.1) is 6.92 Å². The molecule has 1 fully saturated rings. The summed E-state index contributed by atoms with van der Waals surface area (Å²) in [6.45, 7) is 3.54. The number of halogens is 2. The lowest BCUT2D eigenvalue weighted by Gasteiger charge is -2.28. The van der Waals surface area contributed by atoms with Gasteiger partial charge < -0.3 is 24.0 Å². The topological polar surface area (TPSA) is 140 Å². The maximum absolute atomic E-state index is 14.6. The van der Waals surface area contributed by atoms with E-state index in [0.29, 0.717) is 0 Å². The standard InChI is InChI=1S/C15H23F2N2O8P/c1-4-25-28(24,26-5-2)15(16,17)6-9-10(20)11(21)13(27-9)19-7-8(3)12(22)18-14(19)23/h7,9-11,13,20-21H,4-6H2,1-3H3,(H,18,22,23)/t9-,10-,11+,13?/m1/s1. The summed E-state index contributed by atoms with van der Waals surface area (Å²) in [6.07, 6.45) is -6.97. The number of nitrogens with zero attached hydrogens (tertiary/aromatic N) is 1. The van der Waals surface area contributed by atoms with Crippen LogP contribution in [0.5, 0.6) is 0 Å². The lowest BCUT2D eigenvalue weighted by atomic mass is 10.1. The molecule has 1 aromatic heterocycles. The Balaban J connectivity index is 2.29. The molecule has 0 amide bonds. The van der Waals surface area contributed by atoms with Crippen molar-refractivity contribution in [3.05, 3.63) is 32.6 Å². The van der Waals surface area contributed by atoms with Gasteiger partial charge in [0.2, 0.25) is 0 Å². The Hall–Kier alpha value is -1.43. The molecule has 4 atom stereocenters. The predicted molar refractivity (Wildman–Crippen MR) is 92.4 cm³/mol. The highest BCUT2D eigenvalue weighted by Gasteiger charge is 2.58. The molecular weight excluding hydrogens is 405 g/mol. The summed E-state index contributed by atoms with van der Waals surface area (Å²) in [4.78, 5) is 25.4. The van der Waals surface area contributed by atoms with Gasteiger partial charge in [-0.1, -0.05) is 0 Å². The zero-order valence-corrected chi connectivity index (χ0v) is 16.4. The normalized spacial score (nSPS) is 26.0. The summed E-state index contributed by atoms with van der Waals surface area (Å²) in [5.41, 5.74) is -5.53. The van der Waals surface area contributed by atoms with E-state index in [2.05, 4.69) is 9.05 Å². The number of aryl methyl sites for hydroxylation is 1. The van der Waals surface area contributed by atoms with E-state index < -0.39 is 55.5 Å². The molecule has 1 saturated heterocycles. The Morgan fingerprint density at radius 3 is 2.36 bits per heavy atom. The number of aromatic amines is 1. The van der Waals surface area contributed by atoms with Crippen LogP contribution in [-0.2, 0) is 18.3 Å². The van der Waals surface area contributed by atoms with Crippen molar-refractivity contribution in [2.45, 2.75) is 57.4 Å². The van der Waals surface area contributed by atoms with Gasteiger partial charge in [-0.15, -0.1) is 0 Å². The van der Waals surface area contributed by atoms with Crippen molar-refractivity contribution >= 4 is 7.60 Å². The molecule has 3 N–H and O–H groups in total. The van der Waals surface area contributed by atoms with Crippen molar-refractivity contribution in [1.82, 2.24) is 9.55 Å². The molecule has 2 rings (SSSR count). The molecule has 1 aromatic rings. The number of rotatable bonds is 8. The van der Waals surface area contributed by atoms with Crippen LogP contribution in [0.25, 0.3) is 0 Å². The van der Waals surface area contributed by atoms with Gasteiger partial charge in [-0.25, -0.2) is 4.79 Å². The Kier molecular flexibility index (Phi) is 6.95. The molecular formula is C15H23F2N2O8P. The minimum Gasteiger partial charge on any atom is -0.388 e. The molecule has 0 aromatic carbocycles. The van der Waals surface area contributed by atoms with Gasteiger partial charge in [0.15, 0.2) is 6.23 Å². The second-order valence-electron chi connectivity index (χ2n) is 6.23. The molecule has 160 valence electrons. The van der Waals surface area contributed by atoms with Gasteiger partial charge in [0.1, 0.15) is 12.2 Å². The van der Waals surface area contributed by atoms with E-state index in [4.69, 9.17) is 4.74 Å².